The Morgan fingerprint density at radius 3 is 2.29 bits per heavy atom. The molecule has 110 valence electrons. The van der Waals surface area contributed by atoms with Crippen molar-refractivity contribution in [1.82, 2.24) is 0 Å². The summed E-state index contributed by atoms with van der Waals surface area (Å²) in [6, 6.07) is 5.15. The van der Waals surface area contributed by atoms with E-state index in [0.717, 1.165) is 0 Å². The van der Waals surface area contributed by atoms with Gasteiger partial charge in [0.15, 0.2) is 11.5 Å². The van der Waals surface area contributed by atoms with Crippen LogP contribution in [0.15, 0.2) is 23.8 Å². The number of ether oxygens (including phenoxy) is 4. The van der Waals surface area contributed by atoms with Crippen LogP contribution in [0.1, 0.15) is 19.4 Å². The molecule has 6 heteroatoms. The van der Waals surface area contributed by atoms with Gasteiger partial charge in [0, 0.05) is 13.8 Å². The Hall–Kier alpha value is -2.50. The number of benzene rings is 1. The van der Waals surface area contributed by atoms with Gasteiger partial charge in [-0.2, -0.15) is 0 Å². The maximum Gasteiger partial charge on any atom is 0.348 e. The minimum absolute atomic E-state index is 0.147. The maximum absolute atomic E-state index is 11.9. The summed E-state index contributed by atoms with van der Waals surface area (Å²) in [5.74, 6) is -1.43. The van der Waals surface area contributed by atoms with Crippen LogP contribution in [0.5, 0.6) is 11.5 Å². The van der Waals surface area contributed by atoms with Crippen molar-refractivity contribution < 1.29 is 28.5 Å². The zero-order valence-electron chi connectivity index (χ0n) is 11.7. The molecule has 2 heterocycles. The molecule has 2 aliphatic heterocycles. The van der Waals surface area contributed by atoms with E-state index in [0.29, 0.717) is 30.3 Å². The van der Waals surface area contributed by atoms with Gasteiger partial charge in [-0.15, -0.1) is 0 Å². The lowest BCUT2D eigenvalue weighted by atomic mass is 10.1. The molecule has 6 nitrogen and oxygen atoms in total. The summed E-state index contributed by atoms with van der Waals surface area (Å²) in [4.78, 5) is 23.7. The van der Waals surface area contributed by atoms with Crippen LogP contribution >= 0.6 is 0 Å². The summed E-state index contributed by atoms with van der Waals surface area (Å²) in [7, 11) is 0. The fourth-order valence-electron chi connectivity index (χ4n) is 2.09. The molecule has 1 saturated heterocycles. The molecule has 0 spiro atoms. The Morgan fingerprint density at radius 2 is 1.62 bits per heavy atom. The van der Waals surface area contributed by atoms with Crippen LogP contribution in [0.25, 0.3) is 6.08 Å². The number of hydrogen-bond acceptors (Lipinski definition) is 6. The lowest BCUT2D eigenvalue weighted by Crippen LogP contribution is -2.41. The molecule has 0 atom stereocenters. The van der Waals surface area contributed by atoms with Crippen LogP contribution in [0.2, 0.25) is 0 Å². The second-order valence-electron chi connectivity index (χ2n) is 5.14. The van der Waals surface area contributed by atoms with Gasteiger partial charge in [0.25, 0.3) is 5.79 Å². The van der Waals surface area contributed by atoms with Crippen LogP contribution in [-0.2, 0) is 19.1 Å². The molecule has 1 aromatic rings. The number of carbonyl (C=O) groups is 2. The van der Waals surface area contributed by atoms with E-state index in [1.165, 1.54) is 19.9 Å². The van der Waals surface area contributed by atoms with E-state index >= 15 is 0 Å². The third kappa shape index (κ3) is 2.69. The Kier molecular flexibility index (Phi) is 3.08. The monoisotopic (exact) mass is 290 g/mol. The van der Waals surface area contributed by atoms with Crippen LogP contribution in [-0.4, -0.2) is 30.9 Å². The Morgan fingerprint density at radius 1 is 1.00 bits per heavy atom. The first-order valence-corrected chi connectivity index (χ1v) is 6.53. The minimum atomic E-state index is -1.24. The SMILES string of the molecule is CC1(C)OC(=O)C(=Cc2ccc3c(c2)OCCO3)C(=O)O1. The van der Waals surface area contributed by atoms with Crippen molar-refractivity contribution in [3.8, 4) is 11.5 Å². The number of carbonyl (C=O) groups excluding carboxylic acids is 2. The lowest BCUT2D eigenvalue weighted by Gasteiger charge is -2.29. The summed E-state index contributed by atoms with van der Waals surface area (Å²) >= 11 is 0. The van der Waals surface area contributed by atoms with Gasteiger partial charge in [-0.3, -0.25) is 0 Å². The van der Waals surface area contributed by atoms with E-state index in [-0.39, 0.29) is 5.57 Å². The maximum atomic E-state index is 11.9. The van der Waals surface area contributed by atoms with Gasteiger partial charge in [-0.25, -0.2) is 9.59 Å². The standard InChI is InChI=1S/C15H14O6/c1-15(2)20-13(16)10(14(17)21-15)7-9-3-4-11-12(8-9)19-6-5-18-11/h3-4,7-8H,5-6H2,1-2H3. The third-order valence-electron chi connectivity index (χ3n) is 2.99. The minimum Gasteiger partial charge on any atom is -0.486 e. The predicted octanol–water partition coefficient (Wildman–Crippen LogP) is 1.68. The summed E-state index contributed by atoms with van der Waals surface area (Å²) in [5, 5.41) is 0. The molecule has 0 bridgehead atoms. The average molecular weight is 290 g/mol. The Bertz CT molecular complexity index is 622. The highest BCUT2D eigenvalue weighted by molar-refractivity contribution is 6.18. The topological polar surface area (TPSA) is 71.1 Å². The molecule has 21 heavy (non-hydrogen) atoms. The molecule has 2 aliphatic rings. The van der Waals surface area contributed by atoms with Gasteiger partial charge < -0.3 is 18.9 Å². The lowest BCUT2D eigenvalue weighted by molar-refractivity contribution is -0.222. The summed E-state index contributed by atoms with van der Waals surface area (Å²) in [6.45, 7) is 3.97. The molecule has 0 unspecified atom stereocenters. The molecule has 1 aromatic carbocycles. The van der Waals surface area contributed by atoms with E-state index in [9.17, 15) is 9.59 Å². The molecule has 1 fully saturated rings. The van der Waals surface area contributed by atoms with Crippen molar-refractivity contribution in [2.45, 2.75) is 19.6 Å². The first kappa shape index (κ1) is 13.5. The van der Waals surface area contributed by atoms with Crippen molar-refractivity contribution in [3.05, 3.63) is 29.3 Å². The van der Waals surface area contributed by atoms with E-state index in [4.69, 9.17) is 18.9 Å². The summed E-state index contributed by atoms with van der Waals surface area (Å²) in [5.41, 5.74) is 0.480. The van der Waals surface area contributed by atoms with E-state index in [2.05, 4.69) is 0 Å². The first-order chi connectivity index (χ1) is 9.94. The van der Waals surface area contributed by atoms with Gasteiger partial charge in [-0.05, 0) is 23.8 Å². The number of rotatable bonds is 1. The van der Waals surface area contributed by atoms with Gasteiger partial charge >= 0.3 is 11.9 Å². The average Bonchev–Trinajstić information content (AvgIpc) is 2.42. The highest BCUT2D eigenvalue weighted by Crippen LogP contribution is 2.32. The fourth-order valence-corrected chi connectivity index (χ4v) is 2.09. The zero-order chi connectivity index (χ0) is 15.0. The fraction of sp³-hybridized carbons (Fsp3) is 0.333. The Labute approximate surface area is 121 Å². The van der Waals surface area contributed by atoms with Crippen molar-refractivity contribution in [2.75, 3.05) is 13.2 Å². The number of esters is 2. The van der Waals surface area contributed by atoms with Crippen molar-refractivity contribution >= 4 is 18.0 Å². The molecule has 0 aromatic heterocycles. The van der Waals surface area contributed by atoms with Gasteiger partial charge in [-0.1, -0.05) is 6.07 Å². The van der Waals surface area contributed by atoms with E-state index in [1.807, 2.05) is 0 Å². The zero-order valence-corrected chi connectivity index (χ0v) is 11.7. The normalized spacial score (nSPS) is 19.6. The Balaban J connectivity index is 1.91. The molecule has 3 rings (SSSR count). The van der Waals surface area contributed by atoms with Gasteiger partial charge in [0.1, 0.15) is 18.8 Å². The predicted molar refractivity (Wildman–Crippen MR) is 71.7 cm³/mol. The second-order valence-corrected chi connectivity index (χ2v) is 5.14. The molecule has 0 N–H and O–H groups in total. The molecular formula is C15H14O6. The van der Waals surface area contributed by atoms with Crippen LogP contribution < -0.4 is 9.47 Å². The van der Waals surface area contributed by atoms with E-state index < -0.39 is 17.7 Å². The smallest absolute Gasteiger partial charge is 0.348 e. The highest BCUT2D eigenvalue weighted by atomic mass is 16.7. The number of hydrogen-bond donors (Lipinski definition) is 0. The third-order valence-corrected chi connectivity index (χ3v) is 2.99. The molecular weight excluding hydrogens is 276 g/mol. The van der Waals surface area contributed by atoms with Gasteiger partial charge in [0.05, 0.1) is 0 Å². The largest absolute Gasteiger partial charge is 0.486 e. The number of cyclic esters (lactones) is 2. The summed E-state index contributed by atoms with van der Waals surface area (Å²) < 4.78 is 20.9. The van der Waals surface area contributed by atoms with Crippen molar-refractivity contribution in [3.63, 3.8) is 0 Å². The second kappa shape index (κ2) is 4.80. The van der Waals surface area contributed by atoms with Crippen LogP contribution in [0.3, 0.4) is 0 Å². The quantitative estimate of drug-likeness (QED) is 0.445. The molecule has 0 radical (unpaired) electrons. The number of fused-ring (bicyclic) bond motifs is 1. The van der Waals surface area contributed by atoms with Crippen molar-refractivity contribution in [1.29, 1.82) is 0 Å². The van der Waals surface area contributed by atoms with Crippen molar-refractivity contribution in [2.24, 2.45) is 0 Å². The summed E-state index contributed by atoms with van der Waals surface area (Å²) in [6.07, 6.45) is 1.41. The molecule has 0 amide bonds. The molecule has 0 saturated carbocycles. The van der Waals surface area contributed by atoms with Crippen LogP contribution in [0.4, 0.5) is 0 Å². The van der Waals surface area contributed by atoms with Crippen LogP contribution in [0, 0.1) is 0 Å². The first-order valence-electron chi connectivity index (χ1n) is 6.53. The molecule has 0 aliphatic carbocycles. The van der Waals surface area contributed by atoms with Gasteiger partial charge in [0.2, 0.25) is 0 Å². The highest BCUT2D eigenvalue weighted by Gasteiger charge is 2.38. The van der Waals surface area contributed by atoms with E-state index in [1.54, 1.807) is 18.2 Å².